The van der Waals surface area contributed by atoms with Gasteiger partial charge in [-0.1, -0.05) is 0 Å². The number of nitrogens with zero attached hydrogens (tertiary/aromatic N) is 2. The zero-order valence-electron chi connectivity index (χ0n) is 14.6. The van der Waals surface area contributed by atoms with Crippen molar-refractivity contribution in [3.05, 3.63) is 53.5 Å². The van der Waals surface area contributed by atoms with Gasteiger partial charge in [-0.15, -0.1) is 0 Å². The molecular weight excluding hydrogens is 344 g/mol. The fourth-order valence-corrected chi connectivity index (χ4v) is 2.02. The number of rotatable bonds is 7. The van der Waals surface area contributed by atoms with E-state index in [1.807, 2.05) is 0 Å². The number of aromatic nitrogens is 2. The average Bonchev–Trinajstić information content (AvgIpc) is 2.64. The molecule has 2 rings (SSSR count). The maximum Gasteiger partial charge on any atom is 0.228 e. The number of ether oxygens (including phenoxy) is 2. The van der Waals surface area contributed by atoms with E-state index in [0.717, 1.165) is 0 Å². The molecule has 9 heteroatoms. The maximum atomic E-state index is 14.2. The number of methoxy groups -OCH3 is 1. The van der Waals surface area contributed by atoms with E-state index in [2.05, 4.69) is 20.6 Å². The van der Waals surface area contributed by atoms with Crippen molar-refractivity contribution in [3.63, 3.8) is 0 Å². The Morgan fingerprint density at radius 3 is 2.58 bits per heavy atom. The molecule has 0 amide bonds. The first-order valence-corrected chi connectivity index (χ1v) is 7.62. The molecule has 7 nitrogen and oxygen atoms in total. The maximum absolute atomic E-state index is 14.2. The van der Waals surface area contributed by atoms with Gasteiger partial charge in [-0.05, 0) is 30.8 Å². The molecule has 0 aliphatic rings. The third kappa shape index (κ3) is 4.65. The molecule has 1 aromatic heterocycles. The Kier molecular flexibility index (Phi) is 6.42. The standard InChI is InChI=1S/C17H19F2N5O2/c1-10-6-13(25-3)16(19)12(15(10)18)9-26-11-7-22-17(23-8-11)24-14(20)4-5-21-2/h4-8,21H,9H2,1-3H3,(H2,20,22,23,24)/b5-4-. The van der Waals surface area contributed by atoms with Gasteiger partial charge in [0, 0.05) is 7.05 Å². The summed E-state index contributed by atoms with van der Waals surface area (Å²) >= 11 is 0. The fourth-order valence-electron chi connectivity index (χ4n) is 2.02. The normalized spacial score (nSPS) is 10.7. The highest BCUT2D eigenvalue weighted by Crippen LogP contribution is 2.27. The predicted molar refractivity (Wildman–Crippen MR) is 93.6 cm³/mol. The van der Waals surface area contributed by atoms with Gasteiger partial charge in [-0.3, -0.25) is 5.41 Å². The molecule has 0 aliphatic heterocycles. The minimum absolute atomic E-state index is 0.0496. The highest BCUT2D eigenvalue weighted by atomic mass is 19.1. The van der Waals surface area contributed by atoms with E-state index in [1.165, 1.54) is 38.6 Å². The number of hydrogen-bond donors (Lipinski definition) is 3. The van der Waals surface area contributed by atoms with Gasteiger partial charge >= 0.3 is 0 Å². The van der Waals surface area contributed by atoms with Gasteiger partial charge in [-0.2, -0.15) is 0 Å². The van der Waals surface area contributed by atoms with Gasteiger partial charge in [0.25, 0.3) is 0 Å². The van der Waals surface area contributed by atoms with Crippen molar-refractivity contribution in [2.24, 2.45) is 0 Å². The lowest BCUT2D eigenvalue weighted by Gasteiger charge is -2.12. The van der Waals surface area contributed by atoms with Gasteiger partial charge in [0.15, 0.2) is 17.3 Å². The van der Waals surface area contributed by atoms with Crippen LogP contribution in [0.1, 0.15) is 11.1 Å². The monoisotopic (exact) mass is 363 g/mol. The van der Waals surface area contributed by atoms with Crippen LogP contribution in [0.2, 0.25) is 0 Å². The second-order valence-electron chi connectivity index (χ2n) is 5.19. The van der Waals surface area contributed by atoms with Crippen LogP contribution in [0, 0.1) is 24.0 Å². The summed E-state index contributed by atoms with van der Waals surface area (Å²) in [5.74, 6) is -1.04. The first-order valence-electron chi connectivity index (χ1n) is 7.62. The SMILES string of the molecule is CN/C=C\C(=N)Nc1ncc(OCc2c(F)c(C)cc(OC)c2F)cn1. The highest BCUT2D eigenvalue weighted by Gasteiger charge is 2.18. The summed E-state index contributed by atoms with van der Waals surface area (Å²) in [5.41, 5.74) is 0.0221. The summed E-state index contributed by atoms with van der Waals surface area (Å²) in [7, 11) is 3.02. The van der Waals surface area contributed by atoms with Crippen LogP contribution in [-0.4, -0.2) is 30.0 Å². The Morgan fingerprint density at radius 1 is 1.27 bits per heavy atom. The molecule has 2 aromatic rings. The summed E-state index contributed by atoms with van der Waals surface area (Å²) in [6, 6.07) is 1.29. The summed E-state index contributed by atoms with van der Waals surface area (Å²) in [4.78, 5) is 7.96. The minimum Gasteiger partial charge on any atom is -0.494 e. The zero-order chi connectivity index (χ0) is 19.1. The van der Waals surface area contributed by atoms with Crippen LogP contribution >= 0.6 is 0 Å². The molecule has 3 N–H and O–H groups in total. The van der Waals surface area contributed by atoms with Crippen LogP contribution in [0.5, 0.6) is 11.5 Å². The summed E-state index contributed by atoms with van der Waals surface area (Å²) in [6.07, 6.45) is 5.75. The number of halogens is 2. The molecule has 138 valence electrons. The summed E-state index contributed by atoms with van der Waals surface area (Å²) < 4.78 is 38.6. The van der Waals surface area contributed by atoms with Gasteiger partial charge in [-0.25, -0.2) is 18.7 Å². The Balaban J connectivity index is 2.06. The number of aryl methyl sites for hydroxylation is 1. The van der Waals surface area contributed by atoms with Gasteiger partial charge in [0.1, 0.15) is 18.3 Å². The van der Waals surface area contributed by atoms with Crippen molar-refractivity contribution in [1.82, 2.24) is 15.3 Å². The number of benzene rings is 1. The molecule has 0 bridgehead atoms. The zero-order valence-corrected chi connectivity index (χ0v) is 14.6. The lowest BCUT2D eigenvalue weighted by molar-refractivity contribution is 0.285. The van der Waals surface area contributed by atoms with Crippen LogP contribution < -0.4 is 20.1 Å². The molecule has 0 saturated carbocycles. The predicted octanol–water partition coefficient (Wildman–Crippen LogP) is 2.77. The van der Waals surface area contributed by atoms with Crippen molar-refractivity contribution in [1.29, 1.82) is 5.41 Å². The van der Waals surface area contributed by atoms with E-state index in [1.54, 1.807) is 13.2 Å². The van der Waals surface area contributed by atoms with E-state index >= 15 is 0 Å². The third-order valence-corrected chi connectivity index (χ3v) is 3.33. The van der Waals surface area contributed by atoms with Gasteiger partial charge in [0.05, 0.1) is 25.1 Å². The second-order valence-corrected chi connectivity index (χ2v) is 5.19. The molecule has 0 fully saturated rings. The fraction of sp³-hybridized carbons (Fsp3) is 0.235. The Morgan fingerprint density at radius 2 is 1.96 bits per heavy atom. The second kappa shape index (κ2) is 8.75. The van der Waals surface area contributed by atoms with Gasteiger partial charge < -0.3 is 20.1 Å². The third-order valence-electron chi connectivity index (χ3n) is 3.33. The van der Waals surface area contributed by atoms with Gasteiger partial charge in [0.2, 0.25) is 5.95 Å². The van der Waals surface area contributed by atoms with Crippen molar-refractivity contribution >= 4 is 11.8 Å². The summed E-state index contributed by atoms with van der Waals surface area (Å²) in [6.45, 7) is 1.17. The quantitative estimate of drug-likeness (QED) is 0.518. The molecule has 0 radical (unpaired) electrons. The van der Waals surface area contributed by atoms with E-state index < -0.39 is 11.6 Å². The van der Waals surface area contributed by atoms with Crippen LogP contribution in [0.4, 0.5) is 14.7 Å². The first kappa shape index (κ1) is 19.1. The molecule has 0 unspecified atom stereocenters. The number of hydrogen-bond acceptors (Lipinski definition) is 6. The molecular formula is C17H19F2N5O2. The van der Waals surface area contributed by atoms with E-state index in [4.69, 9.17) is 14.9 Å². The Bertz CT molecular complexity index is 810. The lowest BCUT2D eigenvalue weighted by atomic mass is 10.1. The van der Waals surface area contributed by atoms with Crippen LogP contribution in [0.3, 0.4) is 0 Å². The lowest BCUT2D eigenvalue weighted by Crippen LogP contribution is -2.11. The summed E-state index contributed by atoms with van der Waals surface area (Å²) in [5, 5.41) is 13.1. The first-order chi connectivity index (χ1) is 12.5. The largest absolute Gasteiger partial charge is 0.494 e. The molecule has 0 saturated heterocycles. The van der Waals surface area contributed by atoms with Crippen LogP contribution in [-0.2, 0) is 6.61 Å². The molecule has 0 aliphatic carbocycles. The molecule has 26 heavy (non-hydrogen) atoms. The minimum atomic E-state index is -0.806. The molecule has 1 heterocycles. The van der Waals surface area contributed by atoms with E-state index in [0.29, 0.717) is 0 Å². The molecule has 0 atom stereocenters. The van der Waals surface area contributed by atoms with Crippen LogP contribution in [0.15, 0.2) is 30.7 Å². The van der Waals surface area contributed by atoms with Crippen molar-refractivity contribution in [3.8, 4) is 11.5 Å². The van der Waals surface area contributed by atoms with E-state index in [-0.39, 0.29) is 41.0 Å². The Labute approximate surface area is 149 Å². The number of amidine groups is 1. The number of nitrogens with one attached hydrogen (secondary N) is 3. The van der Waals surface area contributed by atoms with Crippen LogP contribution in [0.25, 0.3) is 0 Å². The van der Waals surface area contributed by atoms with E-state index in [9.17, 15) is 8.78 Å². The number of anilines is 1. The topological polar surface area (TPSA) is 92.2 Å². The Hall–Kier alpha value is -3.23. The van der Waals surface area contributed by atoms with Crippen molar-refractivity contribution in [2.45, 2.75) is 13.5 Å². The average molecular weight is 363 g/mol. The molecule has 1 aromatic carbocycles. The van der Waals surface area contributed by atoms with Crippen molar-refractivity contribution < 1.29 is 18.3 Å². The molecule has 0 spiro atoms. The smallest absolute Gasteiger partial charge is 0.228 e. The van der Waals surface area contributed by atoms with Crippen molar-refractivity contribution in [2.75, 3.05) is 19.5 Å². The highest BCUT2D eigenvalue weighted by molar-refractivity contribution is 6.00.